The minimum atomic E-state index is -0.781. The smallest absolute Gasteiger partial charge is 0.249 e. The second kappa shape index (κ2) is 5.54. The van der Waals surface area contributed by atoms with E-state index in [1.54, 1.807) is 0 Å². The summed E-state index contributed by atoms with van der Waals surface area (Å²) in [5, 5.41) is 6.12. The Morgan fingerprint density at radius 1 is 1.50 bits per heavy atom. The summed E-state index contributed by atoms with van der Waals surface area (Å²) in [6.07, 6.45) is 2.27. The number of nitrogens with one attached hydrogen (secondary N) is 2. The molecule has 2 unspecified atom stereocenters. The monoisotopic (exact) mass is 305 g/mol. The number of benzene rings is 1. The van der Waals surface area contributed by atoms with Crippen LogP contribution in [-0.2, 0) is 10.3 Å². The van der Waals surface area contributed by atoms with Gasteiger partial charge in [0.2, 0.25) is 5.91 Å². The number of likely N-dealkylation sites (tertiary alicyclic amines) is 1. The van der Waals surface area contributed by atoms with Crippen LogP contribution >= 0.6 is 0 Å². The van der Waals surface area contributed by atoms with Gasteiger partial charge in [0.05, 0.1) is 11.4 Å². The molecule has 0 aromatic heterocycles. The molecule has 120 valence electrons. The van der Waals surface area contributed by atoms with E-state index in [-0.39, 0.29) is 11.7 Å². The van der Waals surface area contributed by atoms with Gasteiger partial charge in [-0.2, -0.15) is 0 Å². The summed E-state index contributed by atoms with van der Waals surface area (Å²) in [6.45, 7) is 8.51. The third kappa shape index (κ3) is 2.28. The van der Waals surface area contributed by atoms with E-state index in [0.717, 1.165) is 30.8 Å². The van der Waals surface area contributed by atoms with Crippen molar-refractivity contribution in [2.75, 3.05) is 30.3 Å². The minimum Gasteiger partial charge on any atom is -0.384 e. The zero-order valence-corrected chi connectivity index (χ0v) is 13.5. The Morgan fingerprint density at radius 2 is 2.27 bits per heavy atom. The van der Waals surface area contributed by atoms with Gasteiger partial charge in [0, 0.05) is 18.7 Å². The Bertz CT molecular complexity index is 604. The molecule has 2 atom stereocenters. The van der Waals surface area contributed by atoms with Gasteiger partial charge in [0.1, 0.15) is 11.4 Å². The molecule has 3 rings (SSSR count). The van der Waals surface area contributed by atoms with E-state index in [2.05, 4.69) is 22.5 Å². The molecule has 0 spiro atoms. The summed E-state index contributed by atoms with van der Waals surface area (Å²) in [4.78, 5) is 14.9. The highest BCUT2D eigenvalue weighted by molar-refractivity contribution is 6.08. The molecule has 2 heterocycles. The Morgan fingerprint density at radius 3 is 2.95 bits per heavy atom. The van der Waals surface area contributed by atoms with E-state index in [4.69, 9.17) is 0 Å². The molecule has 2 aliphatic heterocycles. The van der Waals surface area contributed by atoms with E-state index in [1.807, 2.05) is 13.8 Å². The van der Waals surface area contributed by atoms with Gasteiger partial charge < -0.3 is 10.6 Å². The molecule has 2 aliphatic rings. The molecule has 0 bridgehead atoms. The number of amides is 1. The highest BCUT2D eigenvalue weighted by Crippen LogP contribution is 2.45. The fourth-order valence-electron chi connectivity index (χ4n) is 3.72. The van der Waals surface area contributed by atoms with Crippen molar-refractivity contribution in [1.29, 1.82) is 0 Å². The third-order valence-electron chi connectivity index (χ3n) is 4.96. The number of halogens is 1. The van der Waals surface area contributed by atoms with Gasteiger partial charge in [0.25, 0.3) is 0 Å². The van der Waals surface area contributed by atoms with Gasteiger partial charge in [-0.3, -0.25) is 9.69 Å². The van der Waals surface area contributed by atoms with E-state index < -0.39 is 5.54 Å². The molecule has 1 amide bonds. The number of carbonyl (C=O) groups is 1. The Hall–Kier alpha value is -1.62. The number of hydrogen-bond acceptors (Lipinski definition) is 3. The topological polar surface area (TPSA) is 44.4 Å². The molecule has 2 N–H and O–H groups in total. The molecule has 1 aromatic rings. The minimum absolute atomic E-state index is 0.0543. The molecule has 0 aliphatic carbocycles. The first-order valence-electron chi connectivity index (χ1n) is 8.11. The number of piperidine rings is 1. The number of nitrogens with zero attached hydrogens (tertiary/aromatic N) is 1. The zero-order valence-electron chi connectivity index (χ0n) is 13.5. The second-order valence-electron chi connectivity index (χ2n) is 6.63. The molecule has 4 nitrogen and oxygen atoms in total. The Balaban J connectivity index is 2.06. The fraction of sp³-hybridized carbons (Fsp3) is 0.588. The predicted molar refractivity (Wildman–Crippen MR) is 86.5 cm³/mol. The maximum absolute atomic E-state index is 14.1. The van der Waals surface area contributed by atoms with Gasteiger partial charge in [-0.05, 0) is 51.3 Å². The van der Waals surface area contributed by atoms with Crippen LogP contribution in [0.15, 0.2) is 12.1 Å². The number of anilines is 2. The second-order valence-corrected chi connectivity index (χ2v) is 6.63. The first kappa shape index (κ1) is 15.3. The summed E-state index contributed by atoms with van der Waals surface area (Å²) >= 11 is 0. The van der Waals surface area contributed by atoms with Gasteiger partial charge >= 0.3 is 0 Å². The van der Waals surface area contributed by atoms with Crippen molar-refractivity contribution < 1.29 is 9.18 Å². The quantitative estimate of drug-likeness (QED) is 0.901. The van der Waals surface area contributed by atoms with Crippen LogP contribution in [-0.4, -0.2) is 30.4 Å². The SMILES string of the molecule is CCNc1cc(F)cc2c1NC(=O)C2(C)N1CCCC(C)C1. The molecule has 5 heteroatoms. The van der Waals surface area contributed by atoms with Crippen LogP contribution in [0.3, 0.4) is 0 Å². The predicted octanol–water partition coefficient (Wildman–Crippen LogP) is 3.16. The molecule has 0 saturated carbocycles. The summed E-state index contributed by atoms with van der Waals surface area (Å²) < 4.78 is 14.1. The standard InChI is InChI=1S/C17H24FN3O/c1-4-19-14-9-12(18)8-13-15(14)20-16(22)17(13,3)21-7-5-6-11(2)10-21/h8-9,11,19H,4-7,10H2,1-3H3,(H,20,22). The lowest BCUT2D eigenvalue weighted by atomic mass is 9.87. The average molecular weight is 305 g/mol. The summed E-state index contributed by atoms with van der Waals surface area (Å²) in [5.74, 6) is 0.202. The largest absolute Gasteiger partial charge is 0.384 e. The van der Waals surface area contributed by atoms with Crippen molar-refractivity contribution in [3.8, 4) is 0 Å². The maximum Gasteiger partial charge on any atom is 0.249 e. The molecular formula is C17H24FN3O. The average Bonchev–Trinajstić information content (AvgIpc) is 2.73. The summed E-state index contributed by atoms with van der Waals surface area (Å²) in [7, 11) is 0. The van der Waals surface area contributed by atoms with Crippen molar-refractivity contribution >= 4 is 17.3 Å². The van der Waals surface area contributed by atoms with E-state index in [9.17, 15) is 9.18 Å². The van der Waals surface area contributed by atoms with Gasteiger partial charge in [-0.1, -0.05) is 6.92 Å². The maximum atomic E-state index is 14.1. The van der Waals surface area contributed by atoms with E-state index in [1.165, 1.54) is 18.6 Å². The van der Waals surface area contributed by atoms with Crippen LogP contribution < -0.4 is 10.6 Å². The summed E-state index contributed by atoms with van der Waals surface area (Å²) in [6, 6.07) is 2.96. The lowest BCUT2D eigenvalue weighted by molar-refractivity contribution is -0.128. The molecule has 22 heavy (non-hydrogen) atoms. The summed E-state index contributed by atoms with van der Waals surface area (Å²) in [5.41, 5.74) is 1.37. The van der Waals surface area contributed by atoms with E-state index >= 15 is 0 Å². The van der Waals surface area contributed by atoms with Crippen molar-refractivity contribution in [3.63, 3.8) is 0 Å². The fourth-order valence-corrected chi connectivity index (χ4v) is 3.72. The highest BCUT2D eigenvalue weighted by atomic mass is 19.1. The number of carbonyl (C=O) groups excluding carboxylic acids is 1. The first-order chi connectivity index (χ1) is 10.5. The van der Waals surface area contributed by atoms with Gasteiger partial charge in [0.15, 0.2) is 0 Å². The van der Waals surface area contributed by atoms with E-state index in [0.29, 0.717) is 18.2 Å². The number of rotatable bonds is 3. The van der Waals surface area contributed by atoms with Crippen LogP contribution in [0.2, 0.25) is 0 Å². The van der Waals surface area contributed by atoms with Crippen LogP contribution in [0.5, 0.6) is 0 Å². The molecular weight excluding hydrogens is 281 g/mol. The Labute approximate surface area is 131 Å². The molecule has 1 aromatic carbocycles. The highest BCUT2D eigenvalue weighted by Gasteiger charge is 2.49. The third-order valence-corrected chi connectivity index (χ3v) is 4.96. The normalized spacial score (nSPS) is 28.4. The number of hydrogen-bond donors (Lipinski definition) is 2. The van der Waals surface area contributed by atoms with Crippen LogP contribution in [0, 0.1) is 11.7 Å². The molecule has 0 radical (unpaired) electrons. The van der Waals surface area contributed by atoms with Crippen molar-refractivity contribution in [2.24, 2.45) is 5.92 Å². The zero-order chi connectivity index (χ0) is 15.9. The number of fused-ring (bicyclic) bond motifs is 1. The van der Waals surface area contributed by atoms with Crippen molar-refractivity contribution in [2.45, 2.75) is 39.2 Å². The van der Waals surface area contributed by atoms with Gasteiger partial charge in [-0.25, -0.2) is 4.39 Å². The molecule has 1 fully saturated rings. The van der Waals surface area contributed by atoms with Crippen LogP contribution in [0.25, 0.3) is 0 Å². The molecule has 1 saturated heterocycles. The lowest BCUT2D eigenvalue weighted by Gasteiger charge is -2.41. The Kier molecular flexibility index (Phi) is 3.85. The van der Waals surface area contributed by atoms with Crippen LogP contribution in [0.4, 0.5) is 15.8 Å². The lowest BCUT2D eigenvalue weighted by Crippen LogP contribution is -2.52. The first-order valence-corrected chi connectivity index (χ1v) is 8.11. The van der Waals surface area contributed by atoms with Crippen LogP contribution in [0.1, 0.15) is 39.2 Å². The van der Waals surface area contributed by atoms with Crippen molar-refractivity contribution in [1.82, 2.24) is 4.90 Å². The van der Waals surface area contributed by atoms with Crippen molar-refractivity contribution in [3.05, 3.63) is 23.5 Å². The van der Waals surface area contributed by atoms with Gasteiger partial charge in [-0.15, -0.1) is 0 Å².